The van der Waals surface area contributed by atoms with Crippen LogP contribution in [0.25, 0.3) is 10.9 Å². The van der Waals surface area contributed by atoms with Crippen molar-refractivity contribution >= 4 is 10.9 Å². The molecule has 0 unspecified atom stereocenters. The minimum absolute atomic E-state index is 0. The summed E-state index contributed by atoms with van der Waals surface area (Å²) in [4.78, 5) is 4.77. The van der Waals surface area contributed by atoms with E-state index >= 15 is 0 Å². The van der Waals surface area contributed by atoms with Gasteiger partial charge in [0.15, 0.2) is 11.5 Å². The van der Waals surface area contributed by atoms with E-state index < -0.39 is 0 Å². The molecule has 0 amide bonds. The van der Waals surface area contributed by atoms with E-state index in [-0.39, 0.29) is 17.1 Å². The molecule has 1 aromatic carbocycles. The number of methoxy groups -OCH3 is 2. The third-order valence-electron chi connectivity index (χ3n) is 4.00. The standard InChI is InChI=1S/C17H16NO2.C5H5.Fe/c1-11-8-13-9-15(19-2)16(20-3)10-14(13)18-17(11)12-6-4-5-7-12;1-2-4-5-3-1;/h4-10H,1-3H3;1-5H;/q;;+2. The Kier molecular flexibility index (Phi) is 8.24. The normalized spacial score (nSPS) is 16.7. The predicted octanol–water partition coefficient (Wildman–Crippen LogP) is 4.33. The van der Waals surface area contributed by atoms with Crippen molar-refractivity contribution in [2.75, 3.05) is 14.2 Å². The topological polar surface area (TPSA) is 31.4 Å². The molecule has 132 valence electrons. The zero-order valence-electron chi connectivity index (χ0n) is 15.0. The molecule has 0 spiro atoms. The van der Waals surface area contributed by atoms with Crippen LogP contribution in [-0.2, 0) is 17.1 Å². The van der Waals surface area contributed by atoms with Crippen LogP contribution in [0.4, 0.5) is 0 Å². The number of ether oxygens (including phenoxy) is 2. The van der Waals surface area contributed by atoms with Crippen LogP contribution in [0, 0.1) is 70.6 Å². The van der Waals surface area contributed by atoms with Crippen LogP contribution >= 0.6 is 0 Å². The molecular weight excluding hydrogens is 366 g/mol. The van der Waals surface area contributed by atoms with Gasteiger partial charge in [0.05, 0.1) is 25.4 Å². The number of aryl methyl sites for hydroxylation is 1. The van der Waals surface area contributed by atoms with Crippen LogP contribution in [-0.4, -0.2) is 19.2 Å². The Balaban J connectivity index is 0.000000351. The molecule has 2 aromatic rings. The zero-order chi connectivity index (χ0) is 17.6. The van der Waals surface area contributed by atoms with Gasteiger partial charge in [-0.2, -0.15) is 0 Å². The van der Waals surface area contributed by atoms with Crippen molar-refractivity contribution in [3.05, 3.63) is 93.2 Å². The monoisotopic (exact) mass is 387 g/mol. The molecule has 0 saturated heterocycles. The molecule has 2 fully saturated rings. The maximum Gasteiger partial charge on any atom is 2.00 e. The molecule has 10 radical (unpaired) electrons. The summed E-state index contributed by atoms with van der Waals surface area (Å²) >= 11 is 0. The maximum atomic E-state index is 5.34. The quantitative estimate of drug-likeness (QED) is 0.735. The number of fused-ring (bicyclic) bond motifs is 1. The van der Waals surface area contributed by atoms with Crippen molar-refractivity contribution in [3.8, 4) is 11.5 Å². The molecule has 0 aliphatic heterocycles. The molecule has 4 heteroatoms. The Morgan fingerprint density at radius 1 is 0.731 bits per heavy atom. The average molecular weight is 387 g/mol. The number of hydrogen-bond donors (Lipinski definition) is 0. The Morgan fingerprint density at radius 2 is 1.27 bits per heavy atom. The maximum absolute atomic E-state index is 5.34. The summed E-state index contributed by atoms with van der Waals surface area (Å²) in [6, 6.07) is 6.01. The van der Waals surface area contributed by atoms with E-state index in [0.29, 0.717) is 5.75 Å². The second-order valence-electron chi connectivity index (χ2n) is 5.69. The predicted molar refractivity (Wildman–Crippen MR) is 101 cm³/mol. The summed E-state index contributed by atoms with van der Waals surface area (Å²) in [6.07, 6.45) is 18.2. The van der Waals surface area contributed by atoms with Gasteiger partial charge in [-0.05, 0) is 82.4 Å². The first-order valence-electron chi connectivity index (χ1n) is 8.15. The molecule has 2 aliphatic carbocycles. The van der Waals surface area contributed by atoms with Crippen LogP contribution in [0.15, 0.2) is 18.2 Å². The molecule has 0 atom stereocenters. The molecule has 1 heterocycles. The first-order valence-corrected chi connectivity index (χ1v) is 8.15. The molecule has 2 saturated carbocycles. The van der Waals surface area contributed by atoms with Crippen LogP contribution in [0.1, 0.15) is 11.3 Å². The fourth-order valence-corrected chi connectivity index (χ4v) is 2.75. The van der Waals surface area contributed by atoms with E-state index in [1.807, 2.05) is 57.1 Å². The largest absolute Gasteiger partial charge is 2.00 e. The SMILES string of the molecule is COc1cc2cc(C)c([C]3[CH][CH][CH][CH]3)nc2cc1OC.[CH]1[CH][CH][CH][CH]1.[Fe+2]. The Bertz CT molecular complexity index is 699. The molecule has 0 bridgehead atoms. The molecule has 0 N–H and O–H groups in total. The first kappa shape index (κ1) is 21.1. The van der Waals surface area contributed by atoms with Crippen molar-refractivity contribution in [1.29, 1.82) is 0 Å². The van der Waals surface area contributed by atoms with E-state index in [1.54, 1.807) is 14.2 Å². The summed E-state index contributed by atoms with van der Waals surface area (Å²) in [6.45, 7) is 2.07. The van der Waals surface area contributed by atoms with Crippen LogP contribution in [0.5, 0.6) is 11.5 Å². The molecule has 2 aliphatic rings. The number of rotatable bonds is 3. The summed E-state index contributed by atoms with van der Waals surface area (Å²) in [5.74, 6) is 2.56. The van der Waals surface area contributed by atoms with E-state index in [1.165, 1.54) is 0 Å². The zero-order valence-corrected chi connectivity index (χ0v) is 16.1. The smallest absolute Gasteiger partial charge is 0.493 e. The average Bonchev–Trinajstić information content (AvgIpc) is 3.35. The van der Waals surface area contributed by atoms with Gasteiger partial charge in [-0.25, -0.2) is 0 Å². The van der Waals surface area contributed by atoms with E-state index in [4.69, 9.17) is 14.5 Å². The minimum Gasteiger partial charge on any atom is -0.493 e. The van der Waals surface area contributed by atoms with Gasteiger partial charge in [0.1, 0.15) is 0 Å². The number of hydrogen-bond acceptors (Lipinski definition) is 3. The van der Waals surface area contributed by atoms with Gasteiger partial charge in [0, 0.05) is 17.4 Å². The van der Waals surface area contributed by atoms with Gasteiger partial charge in [-0.15, -0.1) is 0 Å². The Morgan fingerprint density at radius 3 is 1.81 bits per heavy atom. The summed E-state index contributed by atoms with van der Waals surface area (Å²) < 4.78 is 10.7. The van der Waals surface area contributed by atoms with Crippen LogP contribution < -0.4 is 9.47 Å². The first-order chi connectivity index (χ1) is 12.2. The van der Waals surface area contributed by atoms with Crippen LogP contribution in [0.2, 0.25) is 0 Å². The number of pyridine rings is 1. The second-order valence-corrected chi connectivity index (χ2v) is 5.69. The second kappa shape index (κ2) is 10.2. The number of aromatic nitrogens is 1. The summed E-state index contributed by atoms with van der Waals surface area (Å²) in [5.41, 5.74) is 3.06. The van der Waals surface area contributed by atoms with Gasteiger partial charge in [0.2, 0.25) is 0 Å². The van der Waals surface area contributed by atoms with E-state index in [0.717, 1.165) is 33.8 Å². The summed E-state index contributed by atoms with van der Waals surface area (Å²) in [7, 11) is 3.28. The molecule has 4 rings (SSSR count). The fourth-order valence-electron chi connectivity index (χ4n) is 2.75. The van der Waals surface area contributed by atoms with Crippen molar-refractivity contribution in [3.63, 3.8) is 0 Å². The number of benzene rings is 1. The molecular formula is C22H21FeNO2+2. The van der Waals surface area contributed by atoms with Gasteiger partial charge in [-0.3, -0.25) is 4.98 Å². The van der Waals surface area contributed by atoms with Gasteiger partial charge in [0.25, 0.3) is 0 Å². The number of nitrogens with zero attached hydrogens (tertiary/aromatic N) is 1. The summed E-state index contributed by atoms with van der Waals surface area (Å²) in [5, 5.41) is 1.05. The van der Waals surface area contributed by atoms with Crippen LogP contribution in [0.3, 0.4) is 0 Å². The Labute approximate surface area is 168 Å². The molecule has 26 heavy (non-hydrogen) atoms. The van der Waals surface area contributed by atoms with Gasteiger partial charge >= 0.3 is 17.1 Å². The fraction of sp³-hybridized carbons (Fsp3) is 0.136. The van der Waals surface area contributed by atoms with Crippen molar-refractivity contribution < 1.29 is 26.5 Å². The minimum atomic E-state index is 0. The van der Waals surface area contributed by atoms with Crippen molar-refractivity contribution in [2.45, 2.75) is 6.92 Å². The van der Waals surface area contributed by atoms with Gasteiger partial charge < -0.3 is 9.47 Å². The Hall–Kier alpha value is -1.25. The molecule has 1 aromatic heterocycles. The van der Waals surface area contributed by atoms with E-state index in [2.05, 4.69) is 25.8 Å². The molecule has 3 nitrogen and oxygen atoms in total. The third kappa shape index (κ3) is 4.92. The van der Waals surface area contributed by atoms with Crippen molar-refractivity contribution in [1.82, 2.24) is 4.98 Å². The third-order valence-corrected chi connectivity index (χ3v) is 4.00. The van der Waals surface area contributed by atoms with Gasteiger partial charge in [-0.1, -0.05) is 0 Å². The van der Waals surface area contributed by atoms with Crippen molar-refractivity contribution in [2.24, 2.45) is 0 Å². The van der Waals surface area contributed by atoms with E-state index in [9.17, 15) is 0 Å².